The summed E-state index contributed by atoms with van der Waals surface area (Å²) in [6, 6.07) is 13.1. The predicted octanol–water partition coefficient (Wildman–Crippen LogP) is 5.49. The summed E-state index contributed by atoms with van der Waals surface area (Å²) in [5.41, 5.74) is 1.35. The largest absolute Gasteiger partial charge is 0.314 e. The van der Waals surface area contributed by atoms with Crippen LogP contribution in [-0.2, 0) is 6.42 Å². The minimum absolute atomic E-state index is 0.447. The first-order valence-electron chi connectivity index (χ1n) is 6.78. The summed E-state index contributed by atoms with van der Waals surface area (Å²) in [4.78, 5) is 1.33. The minimum atomic E-state index is 0.447. The molecule has 1 nitrogen and oxygen atoms in total. The summed E-state index contributed by atoms with van der Waals surface area (Å²) >= 11 is 11.4. The van der Waals surface area contributed by atoms with E-state index in [9.17, 15) is 0 Å². The third-order valence-electron chi connectivity index (χ3n) is 3.19. The van der Waals surface area contributed by atoms with Crippen LogP contribution in [0.3, 0.4) is 0 Å². The Bertz CT molecular complexity index is 553. The Kier molecular flexibility index (Phi) is 6.09. The number of nitrogens with one attached hydrogen (secondary N) is 1. The van der Waals surface area contributed by atoms with Gasteiger partial charge in [0.25, 0.3) is 0 Å². The molecule has 1 aromatic carbocycles. The molecule has 4 heteroatoms. The Balaban J connectivity index is 2.18. The Morgan fingerprint density at radius 1 is 1.20 bits per heavy atom. The average molecular weight is 373 g/mol. The highest BCUT2D eigenvalue weighted by Gasteiger charge is 2.16. The van der Waals surface area contributed by atoms with Crippen molar-refractivity contribution in [3.63, 3.8) is 0 Å². The Labute approximate surface area is 138 Å². The van der Waals surface area contributed by atoms with Crippen LogP contribution in [0.15, 0.2) is 40.9 Å². The highest BCUT2D eigenvalue weighted by molar-refractivity contribution is 9.10. The van der Waals surface area contributed by atoms with Gasteiger partial charge in [0, 0.05) is 27.9 Å². The molecule has 0 aliphatic heterocycles. The molecule has 20 heavy (non-hydrogen) atoms. The van der Waals surface area contributed by atoms with Gasteiger partial charge in [0.15, 0.2) is 0 Å². The van der Waals surface area contributed by atoms with Crippen LogP contribution < -0.4 is 5.32 Å². The van der Waals surface area contributed by atoms with Crippen molar-refractivity contribution >= 4 is 38.9 Å². The monoisotopic (exact) mass is 371 g/mol. The molecular weight excluding hydrogens is 354 g/mol. The molecule has 0 radical (unpaired) electrons. The third kappa shape index (κ3) is 4.59. The topological polar surface area (TPSA) is 12.0 Å². The van der Waals surface area contributed by atoms with Gasteiger partial charge in [-0.25, -0.2) is 0 Å². The van der Waals surface area contributed by atoms with E-state index in [0.717, 1.165) is 17.3 Å². The molecule has 0 saturated heterocycles. The summed E-state index contributed by atoms with van der Waals surface area (Å²) in [5.74, 6) is 0.447. The molecule has 0 amide bonds. The van der Waals surface area contributed by atoms with E-state index in [1.165, 1.54) is 14.9 Å². The zero-order valence-corrected chi connectivity index (χ0v) is 14.9. The van der Waals surface area contributed by atoms with Crippen molar-refractivity contribution in [2.75, 3.05) is 6.54 Å². The van der Waals surface area contributed by atoms with E-state index in [2.05, 4.69) is 65.4 Å². The van der Waals surface area contributed by atoms with Gasteiger partial charge >= 0.3 is 0 Å². The fourth-order valence-corrected chi connectivity index (χ4v) is 3.96. The fourth-order valence-electron chi connectivity index (χ4n) is 2.18. The lowest BCUT2D eigenvalue weighted by atomic mass is 9.94. The standard InChI is InChI=1S/C16H19BrClNS/c1-11(2)19-10-12(9-13-7-8-16(18)20-13)14-5-3-4-6-15(14)17/h3-8,11-12,19H,9-10H2,1-2H3. The number of halogens is 2. The SMILES string of the molecule is CC(C)NCC(Cc1ccc(Cl)s1)c1ccccc1Br. The van der Waals surface area contributed by atoms with Crippen molar-refractivity contribution in [2.45, 2.75) is 32.2 Å². The second-order valence-electron chi connectivity index (χ2n) is 5.19. The first-order valence-corrected chi connectivity index (χ1v) is 8.77. The van der Waals surface area contributed by atoms with E-state index in [-0.39, 0.29) is 0 Å². The summed E-state index contributed by atoms with van der Waals surface area (Å²) in [6.45, 7) is 5.33. The number of benzene rings is 1. The fraction of sp³-hybridized carbons (Fsp3) is 0.375. The normalized spacial score (nSPS) is 12.8. The molecule has 1 heterocycles. The average Bonchev–Trinajstić information content (AvgIpc) is 2.81. The molecule has 108 valence electrons. The Hall–Kier alpha value is -0.350. The minimum Gasteiger partial charge on any atom is -0.314 e. The molecule has 1 unspecified atom stereocenters. The van der Waals surface area contributed by atoms with Crippen LogP contribution in [0.2, 0.25) is 4.34 Å². The molecule has 0 fully saturated rings. The van der Waals surface area contributed by atoms with Gasteiger partial charge in [0.2, 0.25) is 0 Å². The Morgan fingerprint density at radius 2 is 1.95 bits per heavy atom. The molecule has 0 saturated carbocycles. The van der Waals surface area contributed by atoms with Crippen LogP contribution in [0.5, 0.6) is 0 Å². The number of hydrogen-bond acceptors (Lipinski definition) is 2. The maximum absolute atomic E-state index is 6.04. The lowest BCUT2D eigenvalue weighted by molar-refractivity contribution is 0.527. The van der Waals surface area contributed by atoms with Gasteiger partial charge in [-0.05, 0) is 30.2 Å². The lowest BCUT2D eigenvalue weighted by Crippen LogP contribution is -2.29. The smallest absolute Gasteiger partial charge is 0.0931 e. The summed E-state index contributed by atoms with van der Waals surface area (Å²) in [7, 11) is 0. The van der Waals surface area contributed by atoms with Crippen LogP contribution >= 0.6 is 38.9 Å². The van der Waals surface area contributed by atoms with E-state index in [1.54, 1.807) is 11.3 Å². The van der Waals surface area contributed by atoms with Gasteiger partial charge in [0.05, 0.1) is 4.34 Å². The van der Waals surface area contributed by atoms with Crippen LogP contribution in [-0.4, -0.2) is 12.6 Å². The van der Waals surface area contributed by atoms with Gasteiger partial charge in [-0.3, -0.25) is 0 Å². The first kappa shape index (κ1) is 16.0. The first-order chi connectivity index (χ1) is 9.56. The van der Waals surface area contributed by atoms with E-state index < -0.39 is 0 Å². The zero-order valence-electron chi connectivity index (χ0n) is 11.7. The van der Waals surface area contributed by atoms with Crippen LogP contribution in [0.4, 0.5) is 0 Å². The number of hydrogen-bond donors (Lipinski definition) is 1. The summed E-state index contributed by atoms with van der Waals surface area (Å²) in [6.07, 6.45) is 1.01. The number of rotatable bonds is 6. The van der Waals surface area contributed by atoms with Gasteiger partial charge in [0.1, 0.15) is 0 Å². The molecule has 1 atom stereocenters. The van der Waals surface area contributed by atoms with Crippen molar-refractivity contribution in [2.24, 2.45) is 0 Å². The molecule has 1 N–H and O–H groups in total. The van der Waals surface area contributed by atoms with Crippen LogP contribution in [0, 0.1) is 0 Å². The van der Waals surface area contributed by atoms with E-state index in [0.29, 0.717) is 12.0 Å². The molecule has 0 bridgehead atoms. The van der Waals surface area contributed by atoms with E-state index in [1.807, 2.05) is 6.07 Å². The van der Waals surface area contributed by atoms with Gasteiger partial charge in [-0.2, -0.15) is 0 Å². The van der Waals surface area contributed by atoms with Gasteiger partial charge in [-0.1, -0.05) is 59.6 Å². The van der Waals surface area contributed by atoms with Crippen molar-refractivity contribution in [1.82, 2.24) is 5.32 Å². The summed E-state index contributed by atoms with van der Waals surface area (Å²) in [5, 5.41) is 3.55. The van der Waals surface area contributed by atoms with E-state index >= 15 is 0 Å². The highest BCUT2D eigenvalue weighted by Crippen LogP contribution is 2.31. The van der Waals surface area contributed by atoms with Gasteiger partial charge < -0.3 is 5.32 Å². The summed E-state index contributed by atoms with van der Waals surface area (Å²) < 4.78 is 2.04. The maximum atomic E-state index is 6.04. The molecular formula is C16H19BrClNS. The van der Waals surface area contributed by atoms with Crippen molar-refractivity contribution in [3.8, 4) is 0 Å². The molecule has 0 aliphatic carbocycles. The van der Waals surface area contributed by atoms with Crippen LogP contribution in [0.1, 0.15) is 30.2 Å². The highest BCUT2D eigenvalue weighted by atomic mass is 79.9. The molecule has 0 spiro atoms. The predicted molar refractivity (Wildman–Crippen MR) is 93.1 cm³/mol. The second kappa shape index (κ2) is 7.60. The van der Waals surface area contributed by atoms with Gasteiger partial charge in [-0.15, -0.1) is 11.3 Å². The molecule has 2 rings (SSSR count). The van der Waals surface area contributed by atoms with Crippen molar-refractivity contribution in [1.29, 1.82) is 0 Å². The quantitative estimate of drug-likeness (QED) is 0.707. The molecule has 2 aromatic rings. The maximum Gasteiger partial charge on any atom is 0.0931 e. The third-order valence-corrected chi connectivity index (χ3v) is 5.17. The van der Waals surface area contributed by atoms with E-state index in [4.69, 9.17) is 11.6 Å². The number of thiophene rings is 1. The molecule has 0 aliphatic rings. The molecule has 1 aromatic heterocycles. The van der Waals surface area contributed by atoms with Crippen molar-refractivity contribution in [3.05, 3.63) is 55.6 Å². The Morgan fingerprint density at radius 3 is 2.55 bits per heavy atom. The zero-order chi connectivity index (χ0) is 14.5. The van der Waals surface area contributed by atoms with Crippen LogP contribution in [0.25, 0.3) is 0 Å². The van der Waals surface area contributed by atoms with Crippen molar-refractivity contribution < 1.29 is 0 Å². The lowest BCUT2D eigenvalue weighted by Gasteiger charge is -2.20. The second-order valence-corrected chi connectivity index (χ2v) is 7.85.